The van der Waals surface area contributed by atoms with E-state index in [1.807, 2.05) is 13.8 Å². The van der Waals surface area contributed by atoms with Crippen molar-refractivity contribution in [2.24, 2.45) is 11.1 Å². The maximum atomic E-state index is 12.6. The Labute approximate surface area is 131 Å². The monoisotopic (exact) mass is 386 g/mol. The molecular weight excluding hydrogens is 372 g/mol. The molecule has 2 rings (SSSR count). The predicted molar refractivity (Wildman–Crippen MR) is 82.2 cm³/mol. The minimum atomic E-state index is -3.54. The van der Waals surface area contributed by atoms with Crippen molar-refractivity contribution in [2.45, 2.75) is 31.2 Å². The largest absolute Gasteiger partial charge is 0.327 e. The van der Waals surface area contributed by atoms with Gasteiger partial charge in [-0.25, -0.2) is 8.42 Å². The molecule has 1 aromatic heterocycles. The van der Waals surface area contributed by atoms with Crippen molar-refractivity contribution in [3.8, 4) is 0 Å². The van der Waals surface area contributed by atoms with Gasteiger partial charge in [-0.2, -0.15) is 4.31 Å². The van der Waals surface area contributed by atoms with Gasteiger partial charge >= 0.3 is 0 Å². The minimum Gasteiger partial charge on any atom is -0.327 e. The highest BCUT2D eigenvalue weighted by atomic mass is 79.9. The van der Waals surface area contributed by atoms with Crippen LogP contribution in [-0.2, 0) is 10.0 Å². The van der Waals surface area contributed by atoms with E-state index < -0.39 is 10.0 Å². The van der Waals surface area contributed by atoms with Crippen molar-refractivity contribution in [3.63, 3.8) is 0 Å². The van der Waals surface area contributed by atoms with E-state index >= 15 is 0 Å². The van der Waals surface area contributed by atoms with E-state index in [9.17, 15) is 8.42 Å². The Kier molecular flexibility index (Phi) is 4.36. The lowest BCUT2D eigenvalue weighted by Crippen LogP contribution is -2.53. The van der Waals surface area contributed by atoms with Crippen LogP contribution >= 0.6 is 38.9 Å². The van der Waals surface area contributed by atoms with Gasteiger partial charge in [0.2, 0.25) is 10.0 Å². The number of rotatable bonds is 2. The first kappa shape index (κ1) is 15.7. The van der Waals surface area contributed by atoms with Gasteiger partial charge in [0.1, 0.15) is 9.23 Å². The lowest BCUT2D eigenvalue weighted by Gasteiger charge is -2.41. The molecule has 1 atom stereocenters. The van der Waals surface area contributed by atoms with E-state index in [0.29, 0.717) is 27.6 Å². The van der Waals surface area contributed by atoms with Crippen molar-refractivity contribution < 1.29 is 8.42 Å². The van der Waals surface area contributed by atoms with Crippen LogP contribution in [0, 0.1) is 5.41 Å². The van der Waals surface area contributed by atoms with E-state index in [0.717, 1.165) is 0 Å². The van der Waals surface area contributed by atoms with Gasteiger partial charge < -0.3 is 5.73 Å². The Morgan fingerprint density at radius 1 is 1.58 bits per heavy atom. The number of sulfonamides is 1. The van der Waals surface area contributed by atoms with Crippen LogP contribution < -0.4 is 5.73 Å². The normalized spacial score (nSPS) is 24.6. The van der Waals surface area contributed by atoms with Crippen LogP contribution in [0.3, 0.4) is 0 Å². The number of hydrogen-bond donors (Lipinski definition) is 1. The van der Waals surface area contributed by atoms with Crippen LogP contribution in [0.5, 0.6) is 0 Å². The molecule has 1 aromatic rings. The average Bonchev–Trinajstić information content (AvgIpc) is 2.62. The highest BCUT2D eigenvalue weighted by Crippen LogP contribution is 2.38. The van der Waals surface area contributed by atoms with Gasteiger partial charge in [0.15, 0.2) is 0 Å². The molecule has 1 fully saturated rings. The molecule has 2 N–H and O–H groups in total. The van der Waals surface area contributed by atoms with E-state index in [1.165, 1.54) is 15.6 Å². The smallest absolute Gasteiger partial charge is 0.245 e. The quantitative estimate of drug-likeness (QED) is 0.848. The lowest BCUT2D eigenvalue weighted by molar-refractivity contribution is 0.155. The zero-order chi connectivity index (χ0) is 14.4. The molecule has 0 aliphatic carbocycles. The molecule has 8 heteroatoms. The van der Waals surface area contributed by atoms with E-state index in [4.69, 9.17) is 17.3 Å². The van der Waals surface area contributed by atoms with Crippen LogP contribution in [0.15, 0.2) is 14.7 Å². The summed E-state index contributed by atoms with van der Waals surface area (Å²) in [5.41, 5.74) is 5.81. The molecule has 0 aromatic carbocycles. The Balaban J connectivity index is 2.34. The lowest BCUT2D eigenvalue weighted by atomic mass is 9.81. The summed E-state index contributed by atoms with van der Waals surface area (Å²) < 4.78 is 27.7. The molecule has 4 nitrogen and oxygen atoms in total. The number of nitrogens with two attached hydrogens (primary N) is 1. The fraction of sp³-hybridized carbons (Fsp3) is 0.636. The molecule has 0 spiro atoms. The molecule has 1 aliphatic rings. The van der Waals surface area contributed by atoms with Crippen molar-refractivity contribution in [1.29, 1.82) is 0 Å². The van der Waals surface area contributed by atoms with Crippen LogP contribution in [0.4, 0.5) is 0 Å². The van der Waals surface area contributed by atoms with Crippen molar-refractivity contribution in [1.82, 2.24) is 4.31 Å². The van der Waals surface area contributed by atoms with E-state index in [1.54, 1.807) is 6.07 Å². The summed E-state index contributed by atoms with van der Waals surface area (Å²) in [6.45, 7) is 4.84. The van der Waals surface area contributed by atoms with Crippen molar-refractivity contribution in [3.05, 3.63) is 14.2 Å². The first-order chi connectivity index (χ1) is 8.64. The summed E-state index contributed by atoms with van der Waals surface area (Å²) in [6.07, 6.45) is 0.662. The third-order valence-corrected chi connectivity index (χ3v) is 7.49. The summed E-state index contributed by atoms with van der Waals surface area (Å²) in [6, 6.07) is 1.58. The molecule has 1 aliphatic heterocycles. The first-order valence-electron chi connectivity index (χ1n) is 5.85. The Morgan fingerprint density at radius 2 is 2.21 bits per heavy atom. The molecule has 19 heavy (non-hydrogen) atoms. The molecule has 0 saturated carbocycles. The van der Waals surface area contributed by atoms with Crippen molar-refractivity contribution in [2.75, 3.05) is 13.1 Å². The summed E-state index contributed by atoms with van der Waals surface area (Å²) in [4.78, 5) is 0.178. The molecule has 1 unspecified atom stereocenters. The zero-order valence-electron chi connectivity index (χ0n) is 10.7. The fourth-order valence-electron chi connectivity index (χ4n) is 2.17. The number of thiophene rings is 1. The van der Waals surface area contributed by atoms with Gasteiger partial charge in [-0.15, -0.1) is 11.3 Å². The van der Waals surface area contributed by atoms with Crippen molar-refractivity contribution >= 4 is 48.9 Å². The molecule has 0 bridgehead atoms. The van der Waals surface area contributed by atoms with Gasteiger partial charge in [-0.05, 0) is 33.8 Å². The Bertz CT molecular complexity index is 586. The number of halogens is 2. The minimum absolute atomic E-state index is 0.0173. The summed E-state index contributed by atoms with van der Waals surface area (Å²) in [5, 5.41) is 0. The maximum absolute atomic E-state index is 12.6. The first-order valence-corrected chi connectivity index (χ1v) is 9.28. The van der Waals surface area contributed by atoms with Gasteiger partial charge in [-0.3, -0.25) is 0 Å². The highest BCUT2D eigenvalue weighted by Gasteiger charge is 2.39. The summed E-state index contributed by atoms with van der Waals surface area (Å²) in [5.74, 6) is 0. The van der Waals surface area contributed by atoms with Gasteiger partial charge in [0.05, 0.1) is 3.79 Å². The second-order valence-corrected chi connectivity index (χ2v) is 10.4. The predicted octanol–water partition coefficient (Wildman–Crippen LogP) is 2.91. The topological polar surface area (TPSA) is 63.4 Å². The highest BCUT2D eigenvalue weighted by molar-refractivity contribution is 9.11. The second-order valence-electron chi connectivity index (χ2n) is 5.41. The third-order valence-electron chi connectivity index (χ3n) is 3.52. The molecule has 0 radical (unpaired) electrons. The number of nitrogens with zero attached hydrogens (tertiary/aromatic N) is 1. The van der Waals surface area contributed by atoms with Gasteiger partial charge in [-0.1, -0.05) is 25.4 Å². The average molecular weight is 388 g/mol. The summed E-state index contributed by atoms with van der Waals surface area (Å²) in [7, 11) is -3.54. The molecular formula is C11H16BrClN2O2S2. The van der Waals surface area contributed by atoms with E-state index in [-0.39, 0.29) is 16.4 Å². The van der Waals surface area contributed by atoms with Crippen LogP contribution in [0.1, 0.15) is 20.3 Å². The van der Waals surface area contributed by atoms with Crippen LogP contribution in [0.2, 0.25) is 4.34 Å². The van der Waals surface area contributed by atoms with Crippen LogP contribution in [0.25, 0.3) is 0 Å². The Hall–Kier alpha value is 0.340. The standard InChI is InChI=1S/C11H16BrClN2O2S2/c1-11(2)6-15(4-3-8(11)14)19(16,17)7-5-9(12)18-10(7)13/h5,8H,3-4,6,14H2,1-2H3. The zero-order valence-corrected chi connectivity index (χ0v) is 14.7. The molecule has 0 amide bonds. The second kappa shape index (κ2) is 5.27. The number of piperidine rings is 1. The molecule has 2 heterocycles. The molecule has 1 saturated heterocycles. The SMILES string of the molecule is CC1(C)CN(S(=O)(=O)c2cc(Br)sc2Cl)CCC1N. The van der Waals surface area contributed by atoms with Crippen LogP contribution in [-0.4, -0.2) is 31.9 Å². The van der Waals surface area contributed by atoms with E-state index in [2.05, 4.69) is 15.9 Å². The number of hydrogen-bond acceptors (Lipinski definition) is 4. The fourth-order valence-corrected chi connectivity index (χ4v) is 6.53. The Morgan fingerprint density at radius 3 is 2.68 bits per heavy atom. The van der Waals surface area contributed by atoms with Gasteiger partial charge in [0, 0.05) is 19.1 Å². The summed E-state index contributed by atoms with van der Waals surface area (Å²) >= 11 is 10.5. The van der Waals surface area contributed by atoms with Gasteiger partial charge in [0.25, 0.3) is 0 Å². The third kappa shape index (κ3) is 3.01. The molecule has 108 valence electrons. The maximum Gasteiger partial charge on any atom is 0.245 e.